The Balaban J connectivity index is 1.87. The van der Waals surface area contributed by atoms with Gasteiger partial charge in [0.15, 0.2) is 0 Å². The van der Waals surface area contributed by atoms with E-state index in [0.717, 1.165) is 22.7 Å². The minimum absolute atomic E-state index is 0.214. The van der Waals surface area contributed by atoms with E-state index in [-0.39, 0.29) is 5.91 Å². The molecule has 2 rings (SSSR count). The highest BCUT2D eigenvalue weighted by atomic mass is 35.5. The Morgan fingerprint density at radius 3 is 2.59 bits per heavy atom. The van der Waals surface area contributed by atoms with Crippen LogP contribution in [0.2, 0.25) is 0 Å². The van der Waals surface area contributed by atoms with Crippen molar-refractivity contribution < 1.29 is 9.53 Å². The maximum Gasteiger partial charge on any atom is 0.242 e. The van der Waals surface area contributed by atoms with Gasteiger partial charge in [0.25, 0.3) is 0 Å². The molecule has 0 bridgehead atoms. The summed E-state index contributed by atoms with van der Waals surface area (Å²) in [6.07, 6.45) is 0. The van der Waals surface area contributed by atoms with Crippen molar-refractivity contribution >= 4 is 17.5 Å². The molecule has 1 unspecified atom stereocenters. The van der Waals surface area contributed by atoms with Gasteiger partial charge in [0.05, 0.1) is 19.3 Å². The Hall–Kier alpha value is -2.01. The first kappa shape index (κ1) is 16.4. The van der Waals surface area contributed by atoms with Crippen LogP contribution < -0.4 is 10.1 Å². The van der Waals surface area contributed by atoms with E-state index in [1.165, 1.54) is 0 Å². The van der Waals surface area contributed by atoms with Crippen molar-refractivity contribution in [1.82, 2.24) is 15.1 Å². The number of aryl methyl sites for hydroxylation is 2. The van der Waals surface area contributed by atoms with Crippen molar-refractivity contribution in [2.24, 2.45) is 0 Å². The lowest BCUT2D eigenvalue weighted by Crippen LogP contribution is -2.30. The molecule has 0 saturated heterocycles. The molecule has 1 N–H and O–H groups in total. The summed E-state index contributed by atoms with van der Waals surface area (Å²) >= 11 is 6.19. The van der Waals surface area contributed by atoms with Crippen LogP contribution in [0, 0.1) is 13.8 Å². The predicted octanol–water partition coefficient (Wildman–Crippen LogP) is 2.60. The summed E-state index contributed by atoms with van der Waals surface area (Å²) in [5.74, 6) is 0.519. The molecule has 1 aromatic heterocycles. The Bertz CT molecular complexity index is 637. The van der Waals surface area contributed by atoms with Gasteiger partial charge in [-0.15, -0.1) is 11.6 Å². The summed E-state index contributed by atoms with van der Waals surface area (Å²) in [5.41, 5.74) is 2.78. The van der Waals surface area contributed by atoms with E-state index >= 15 is 0 Å². The lowest BCUT2D eigenvalue weighted by atomic mass is 10.1. The fourth-order valence-electron chi connectivity index (χ4n) is 2.20. The molecule has 118 valence electrons. The van der Waals surface area contributed by atoms with Gasteiger partial charge in [-0.1, -0.05) is 12.1 Å². The number of rotatable bonds is 6. The number of amides is 1. The first-order chi connectivity index (χ1) is 10.5. The van der Waals surface area contributed by atoms with Crippen molar-refractivity contribution in [3.8, 4) is 5.75 Å². The Labute approximate surface area is 135 Å². The second-order valence-electron chi connectivity index (χ2n) is 5.08. The number of nitrogens with one attached hydrogen (secondary N) is 1. The molecule has 0 aliphatic rings. The number of alkyl halides is 1. The molecule has 6 heteroatoms. The second-order valence-corrected chi connectivity index (χ2v) is 5.51. The molecule has 1 aromatic carbocycles. The Kier molecular flexibility index (Phi) is 5.44. The summed E-state index contributed by atoms with van der Waals surface area (Å²) in [5, 5.41) is 6.46. The zero-order valence-corrected chi connectivity index (χ0v) is 13.7. The van der Waals surface area contributed by atoms with Gasteiger partial charge in [-0.3, -0.25) is 9.48 Å². The zero-order chi connectivity index (χ0) is 16.1. The Morgan fingerprint density at radius 1 is 1.36 bits per heavy atom. The lowest BCUT2D eigenvalue weighted by molar-refractivity contribution is -0.120. The fraction of sp³-hybridized carbons (Fsp3) is 0.375. The van der Waals surface area contributed by atoms with Gasteiger partial charge in [0, 0.05) is 12.2 Å². The third-order valence-corrected chi connectivity index (χ3v) is 3.82. The smallest absolute Gasteiger partial charge is 0.242 e. The van der Waals surface area contributed by atoms with E-state index in [9.17, 15) is 4.79 Å². The normalized spacial score (nSPS) is 12.0. The van der Waals surface area contributed by atoms with Gasteiger partial charge in [-0.2, -0.15) is 5.10 Å². The monoisotopic (exact) mass is 321 g/mol. The molecule has 2 aromatic rings. The van der Waals surface area contributed by atoms with Crippen molar-refractivity contribution in [2.75, 3.05) is 13.7 Å². The number of hydrogen-bond acceptors (Lipinski definition) is 3. The SMILES string of the molecule is COc1ccc(C(Cl)C(=O)NCCn2nc(C)cc2C)cc1. The minimum atomic E-state index is -0.716. The molecular formula is C16H20ClN3O2. The molecule has 1 amide bonds. The van der Waals surface area contributed by atoms with Gasteiger partial charge in [-0.05, 0) is 37.6 Å². The third kappa shape index (κ3) is 4.01. The molecule has 1 heterocycles. The van der Waals surface area contributed by atoms with E-state index < -0.39 is 5.38 Å². The van der Waals surface area contributed by atoms with Crippen LogP contribution in [0.15, 0.2) is 30.3 Å². The maximum absolute atomic E-state index is 12.1. The Morgan fingerprint density at radius 2 is 2.05 bits per heavy atom. The number of halogens is 1. The van der Waals surface area contributed by atoms with Crippen molar-refractivity contribution in [2.45, 2.75) is 25.8 Å². The van der Waals surface area contributed by atoms with E-state index in [2.05, 4.69) is 10.4 Å². The van der Waals surface area contributed by atoms with E-state index in [4.69, 9.17) is 16.3 Å². The number of benzene rings is 1. The summed E-state index contributed by atoms with van der Waals surface area (Å²) in [7, 11) is 1.60. The number of carbonyl (C=O) groups is 1. The number of nitrogens with zero attached hydrogens (tertiary/aromatic N) is 2. The third-order valence-electron chi connectivity index (χ3n) is 3.36. The highest BCUT2D eigenvalue weighted by molar-refractivity contribution is 6.30. The summed E-state index contributed by atoms with van der Waals surface area (Å²) in [4.78, 5) is 12.1. The molecule has 0 aliphatic heterocycles. The molecule has 1 atom stereocenters. The standard InChI is InChI=1S/C16H20ClN3O2/c1-11-10-12(2)20(19-11)9-8-18-16(21)15(17)13-4-6-14(22-3)7-5-13/h4-7,10,15H,8-9H2,1-3H3,(H,18,21). The summed E-state index contributed by atoms with van der Waals surface area (Å²) in [6, 6.07) is 9.15. The minimum Gasteiger partial charge on any atom is -0.497 e. The molecule has 0 saturated carbocycles. The van der Waals surface area contributed by atoms with Crippen molar-refractivity contribution in [1.29, 1.82) is 0 Å². The zero-order valence-electron chi connectivity index (χ0n) is 13.0. The predicted molar refractivity (Wildman–Crippen MR) is 86.3 cm³/mol. The molecular weight excluding hydrogens is 302 g/mol. The van der Waals surface area contributed by atoms with Crippen LogP contribution in [-0.2, 0) is 11.3 Å². The highest BCUT2D eigenvalue weighted by Gasteiger charge is 2.17. The number of aromatic nitrogens is 2. The van der Waals surface area contributed by atoms with Crippen LogP contribution in [0.5, 0.6) is 5.75 Å². The number of ether oxygens (including phenoxy) is 1. The van der Waals surface area contributed by atoms with Gasteiger partial charge < -0.3 is 10.1 Å². The number of carbonyl (C=O) groups excluding carboxylic acids is 1. The largest absolute Gasteiger partial charge is 0.497 e. The van der Waals surface area contributed by atoms with Crippen LogP contribution in [0.4, 0.5) is 0 Å². The average Bonchev–Trinajstić information content (AvgIpc) is 2.84. The van der Waals surface area contributed by atoms with Gasteiger partial charge in [0.1, 0.15) is 11.1 Å². The lowest BCUT2D eigenvalue weighted by Gasteiger charge is -2.12. The second kappa shape index (κ2) is 7.31. The molecule has 0 radical (unpaired) electrons. The number of hydrogen-bond donors (Lipinski definition) is 1. The summed E-state index contributed by atoms with van der Waals surface area (Å²) in [6.45, 7) is 5.04. The quantitative estimate of drug-likeness (QED) is 0.832. The van der Waals surface area contributed by atoms with Crippen LogP contribution in [-0.4, -0.2) is 29.3 Å². The van der Waals surface area contributed by atoms with E-state index in [1.54, 1.807) is 31.4 Å². The topological polar surface area (TPSA) is 56.1 Å². The van der Waals surface area contributed by atoms with Crippen LogP contribution in [0.1, 0.15) is 22.3 Å². The van der Waals surface area contributed by atoms with Crippen LogP contribution in [0.25, 0.3) is 0 Å². The van der Waals surface area contributed by atoms with Gasteiger partial charge >= 0.3 is 0 Å². The van der Waals surface area contributed by atoms with Gasteiger partial charge in [0.2, 0.25) is 5.91 Å². The highest BCUT2D eigenvalue weighted by Crippen LogP contribution is 2.22. The molecule has 0 spiro atoms. The van der Waals surface area contributed by atoms with E-state index in [0.29, 0.717) is 13.1 Å². The molecule has 22 heavy (non-hydrogen) atoms. The number of methoxy groups -OCH3 is 1. The van der Waals surface area contributed by atoms with Crippen molar-refractivity contribution in [3.05, 3.63) is 47.3 Å². The van der Waals surface area contributed by atoms with Crippen LogP contribution in [0.3, 0.4) is 0 Å². The average molecular weight is 322 g/mol. The maximum atomic E-state index is 12.1. The van der Waals surface area contributed by atoms with Gasteiger partial charge in [-0.25, -0.2) is 0 Å². The summed E-state index contributed by atoms with van der Waals surface area (Å²) < 4.78 is 6.95. The first-order valence-electron chi connectivity index (χ1n) is 7.08. The van der Waals surface area contributed by atoms with Crippen LogP contribution >= 0.6 is 11.6 Å². The molecule has 0 aliphatic carbocycles. The molecule has 0 fully saturated rings. The molecule has 5 nitrogen and oxygen atoms in total. The van der Waals surface area contributed by atoms with E-state index in [1.807, 2.05) is 24.6 Å². The first-order valence-corrected chi connectivity index (χ1v) is 7.51. The fourth-order valence-corrected chi connectivity index (χ4v) is 2.42. The van der Waals surface area contributed by atoms with Crippen molar-refractivity contribution in [3.63, 3.8) is 0 Å².